The molecule has 5 heteroatoms. The summed E-state index contributed by atoms with van der Waals surface area (Å²) in [6.07, 6.45) is 6.56. The van der Waals surface area contributed by atoms with E-state index in [0.717, 1.165) is 36.6 Å². The van der Waals surface area contributed by atoms with Crippen molar-refractivity contribution in [1.29, 1.82) is 0 Å². The molecule has 5 nitrogen and oxygen atoms in total. The highest BCUT2D eigenvalue weighted by molar-refractivity contribution is 6.07. The van der Waals surface area contributed by atoms with Crippen LogP contribution in [0.2, 0.25) is 0 Å². The summed E-state index contributed by atoms with van der Waals surface area (Å²) in [5.41, 5.74) is 1.00. The third-order valence-corrected chi connectivity index (χ3v) is 6.25. The Hall–Kier alpha value is -2.14. The minimum atomic E-state index is -0.572. The average Bonchev–Trinajstić information content (AvgIpc) is 3.00. The van der Waals surface area contributed by atoms with Gasteiger partial charge in [-0.1, -0.05) is 31.0 Å². The Morgan fingerprint density at radius 1 is 1.23 bits per heavy atom. The van der Waals surface area contributed by atoms with Crippen molar-refractivity contribution in [3.63, 3.8) is 0 Å². The normalized spacial score (nSPS) is 25.9. The minimum Gasteiger partial charge on any atom is -0.389 e. The number of benzene rings is 1. The Kier molecular flexibility index (Phi) is 4.35. The van der Waals surface area contributed by atoms with Crippen LogP contribution in [0, 0.1) is 5.92 Å². The van der Waals surface area contributed by atoms with Crippen molar-refractivity contribution in [2.24, 2.45) is 5.92 Å². The van der Waals surface area contributed by atoms with E-state index in [1.165, 1.54) is 0 Å². The number of fused-ring (bicyclic) bond motifs is 2. The van der Waals surface area contributed by atoms with E-state index in [4.69, 9.17) is 0 Å². The molecule has 2 heterocycles. The van der Waals surface area contributed by atoms with Crippen LogP contribution in [0.15, 0.2) is 30.5 Å². The third kappa shape index (κ3) is 2.94. The van der Waals surface area contributed by atoms with Crippen LogP contribution in [0.5, 0.6) is 0 Å². The first kappa shape index (κ1) is 17.3. The molecular formula is C21H26N2O3. The molecular weight excluding hydrogens is 328 g/mol. The number of aliphatic hydroxyl groups is 1. The maximum atomic E-state index is 12.9. The molecule has 138 valence electrons. The van der Waals surface area contributed by atoms with Crippen molar-refractivity contribution in [2.45, 2.75) is 51.2 Å². The number of amides is 1. The summed E-state index contributed by atoms with van der Waals surface area (Å²) in [7, 11) is 0. The lowest BCUT2D eigenvalue weighted by Gasteiger charge is -2.47. The van der Waals surface area contributed by atoms with Crippen LogP contribution >= 0.6 is 0 Å². The zero-order valence-corrected chi connectivity index (χ0v) is 15.3. The van der Waals surface area contributed by atoms with E-state index in [9.17, 15) is 14.7 Å². The van der Waals surface area contributed by atoms with E-state index in [0.29, 0.717) is 25.1 Å². The molecule has 2 fully saturated rings. The zero-order valence-electron chi connectivity index (χ0n) is 15.3. The number of rotatable bonds is 3. The molecule has 1 aromatic heterocycles. The second-order valence-corrected chi connectivity index (χ2v) is 7.88. The molecule has 1 amide bonds. The van der Waals surface area contributed by atoms with Gasteiger partial charge in [-0.05, 0) is 32.3 Å². The Balaban J connectivity index is 1.54. The lowest BCUT2D eigenvalue weighted by atomic mass is 9.71. The number of hydrogen-bond donors (Lipinski definition) is 1. The Bertz CT molecular complexity index is 856. The van der Waals surface area contributed by atoms with Gasteiger partial charge < -0.3 is 14.6 Å². The first-order valence-electron chi connectivity index (χ1n) is 9.57. The van der Waals surface area contributed by atoms with Gasteiger partial charge in [-0.3, -0.25) is 9.59 Å². The number of likely N-dealkylation sites (tertiary alicyclic amines) is 1. The lowest BCUT2D eigenvalue weighted by molar-refractivity contribution is -0.143. The van der Waals surface area contributed by atoms with Crippen LogP contribution in [-0.4, -0.2) is 45.0 Å². The van der Waals surface area contributed by atoms with E-state index >= 15 is 0 Å². The SMILES string of the molecule is CC(=O)c1cn(CC(=O)N2CC[C@@]3(O)CCCC[C@@H]3C2)c2ccccc12. The molecule has 0 bridgehead atoms. The van der Waals surface area contributed by atoms with Gasteiger partial charge in [0, 0.05) is 41.7 Å². The van der Waals surface area contributed by atoms with E-state index in [1.807, 2.05) is 33.7 Å². The van der Waals surface area contributed by atoms with Crippen molar-refractivity contribution in [3.8, 4) is 0 Å². The summed E-state index contributed by atoms with van der Waals surface area (Å²) in [5, 5.41) is 11.7. The number of carbonyl (C=O) groups is 2. The summed E-state index contributed by atoms with van der Waals surface area (Å²) >= 11 is 0. The molecule has 1 saturated heterocycles. The molecule has 0 spiro atoms. The van der Waals surface area contributed by atoms with Crippen LogP contribution < -0.4 is 0 Å². The number of carbonyl (C=O) groups excluding carboxylic acids is 2. The van der Waals surface area contributed by atoms with E-state index in [1.54, 1.807) is 13.1 Å². The van der Waals surface area contributed by atoms with Gasteiger partial charge in [0.05, 0.1) is 5.60 Å². The first-order chi connectivity index (χ1) is 12.5. The lowest BCUT2D eigenvalue weighted by Crippen LogP contribution is -2.55. The molecule has 1 aromatic carbocycles. The largest absolute Gasteiger partial charge is 0.389 e. The second-order valence-electron chi connectivity index (χ2n) is 7.88. The van der Waals surface area contributed by atoms with Crippen LogP contribution in [0.1, 0.15) is 49.4 Å². The summed E-state index contributed by atoms with van der Waals surface area (Å²) in [4.78, 5) is 26.7. The predicted molar refractivity (Wildman–Crippen MR) is 100 cm³/mol. The molecule has 1 N–H and O–H groups in total. The maximum absolute atomic E-state index is 12.9. The highest BCUT2D eigenvalue weighted by atomic mass is 16.3. The van der Waals surface area contributed by atoms with Crippen LogP contribution in [0.25, 0.3) is 10.9 Å². The Morgan fingerprint density at radius 3 is 2.85 bits per heavy atom. The van der Waals surface area contributed by atoms with E-state index in [-0.39, 0.29) is 24.2 Å². The van der Waals surface area contributed by atoms with Gasteiger partial charge in [-0.2, -0.15) is 0 Å². The highest BCUT2D eigenvalue weighted by Gasteiger charge is 2.43. The molecule has 0 unspecified atom stereocenters. The second kappa shape index (κ2) is 6.54. The topological polar surface area (TPSA) is 62.5 Å². The fourth-order valence-corrected chi connectivity index (χ4v) is 4.70. The predicted octanol–water partition coefficient (Wildman–Crippen LogP) is 3.00. The van der Waals surface area contributed by atoms with Crippen molar-refractivity contribution >= 4 is 22.6 Å². The van der Waals surface area contributed by atoms with E-state index < -0.39 is 5.60 Å². The molecule has 2 aromatic rings. The minimum absolute atomic E-state index is 0.0117. The number of Topliss-reactive ketones (excluding diaryl/α,β-unsaturated/α-hetero) is 1. The maximum Gasteiger partial charge on any atom is 0.242 e. The van der Waals surface area contributed by atoms with Gasteiger partial charge in [0.2, 0.25) is 5.91 Å². The Labute approximate surface area is 153 Å². The fraction of sp³-hybridized carbons (Fsp3) is 0.524. The molecule has 1 saturated carbocycles. The molecule has 2 atom stereocenters. The third-order valence-electron chi connectivity index (χ3n) is 6.25. The monoisotopic (exact) mass is 354 g/mol. The number of hydrogen-bond acceptors (Lipinski definition) is 3. The van der Waals surface area contributed by atoms with Crippen molar-refractivity contribution in [2.75, 3.05) is 13.1 Å². The average molecular weight is 354 g/mol. The number of ketones is 1. The molecule has 26 heavy (non-hydrogen) atoms. The van der Waals surface area contributed by atoms with Gasteiger partial charge in [0.1, 0.15) is 6.54 Å². The van der Waals surface area contributed by atoms with Crippen molar-refractivity contribution in [1.82, 2.24) is 9.47 Å². The first-order valence-corrected chi connectivity index (χ1v) is 9.57. The van der Waals surface area contributed by atoms with Gasteiger partial charge in [0.15, 0.2) is 5.78 Å². The smallest absolute Gasteiger partial charge is 0.242 e. The fourth-order valence-electron chi connectivity index (χ4n) is 4.70. The number of nitrogens with zero attached hydrogens (tertiary/aromatic N) is 2. The molecule has 4 rings (SSSR count). The standard InChI is InChI=1S/C21H26N2O3/c1-15(24)18-13-23(19-8-3-2-7-17(18)19)14-20(25)22-11-10-21(26)9-5-4-6-16(21)12-22/h2-3,7-8,13,16,26H,4-6,9-12,14H2,1H3/t16-,21+/m1/s1. The summed E-state index contributed by atoms with van der Waals surface area (Å²) in [5.74, 6) is 0.272. The molecule has 2 aliphatic rings. The Morgan fingerprint density at radius 2 is 2.04 bits per heavy atom. The van der Waals surface area contributed by atoms with Gasteiger partial charge >= 0.3 is 0 Å². The van der Waals surface area contributed by atoms with Crippen LogP contribution in [0.4, 0.5) is 0 Å². The summed E-state index contributed by atoms with van der Waals surface area (Å²) in [6, 6.07) is 7.72. The molecule has 1 aliphatic heterocycles. The van der Waals surface area contributed by atoms with Crippen LogP contribution in [0.3, 0.4) is 0 Å². The van der Waals surface area contributed by atoms with Crippen molar-refractivity contribution in [3.05, 3.63) is 36.0 Å². The number of para-hydroxylation sites is 1. The summed E-state index contributed by atoms with van der Waals surface area (Å²) in [6.45, 7) is 3.06. The van der Waals surface area contributed by atoms with Gasteiger partial charge in [-0.15, -0.1) is 0 Å². The molecule has 0 radical (unpaired) electrons. The highest BCUT2D eigenvalue weighted by Crippen LogP contribution is 2.39. The zero-order chi connectivity index (χ0) is 18.3. The van der Waals surface area contributed by atoms with Gasteiger partial charge in [0.25, 0.3) is 0 Å². The molecule has 1 aliphatic carbocycles. The number of piperidine rings is 1. The van der Waals surface area contributed by atoms with Crippen molar-refractivity contribution < 1.29 is 14.7 Å². The van der Waals surface area contributed by atoms with E-state index in [2.05, 4.69) is 0 Å². The number of aromatic nitrogens is 1. The van der Waals surface area contributed by atoms with Gasteiger partial charge in [-0.25, -0.2) is 0 Å². The summed E-state index contributed by atoms with van der Waals surface area (Å²) < 4.78 is 1.88. The quantitative estimate of drug-likeness (QED) is 0.862. The van der Waals surface area contributed by atoms with Crippen LogP contribution in [-0.2, 0) is 11.3 Å².